The number of hydrogen-bond donors (Lipinski definition) is 1. The summed E-state index contributed by atoms with van der Waals surface area (Å²) in [6.45, 7) is 2.01. The number of methoxy groups -OCH3 is 1. The molecule has 21 heavy (non-hydrogen) atoms. The van der Waals surface area contributed by atoms with Gasteiger partial charge < -0.3 is 14.9 Å². The highest BCUT2D eigenvalue weighted by Gasteiger charge is 2.19. The second-order valence-electron chi connectivity index (χ2n) is 5.01. The molecule has 2 N–H and O–H groups in total. The summed E-state index contributed by atoms with van der Waals surface area (Å²) in [7, 11) is 1.61. The van der Waals surface area contributed by atoms with Crippen molar-refractivity contribution in [2.24, 2.45) is 5.73 Å². The van der Waals surface area contributed by atoms with Crippen LogP contribution in [0.4, 0.5) is 0 Å². The lowest BCUT2D eigenvalue weighted by Crippen LogP contribution is -2.12. The van der Waals surface area contributed by atoms with Crippen LogP contribution in [0, 0.1) is 6.92 Å². The minimum Gasteiger partial charge on any atom is -0.496 e. The van der Waals surface area contributed by atoms with Crippen molar-refractivity contribution >= 4 is 22.6 Å². The molecular formula is C17H16ClNO2. The molecule has 3 nitrogen and oxygen atoms in total. The number of halogens is 1. The van der Waals surface area contributed by atoms with Gasteiger partial charge in [0.15, 0.2) is 0 Å². The molecule has 0 aliphatic heterocycles. The molecule has 0 aliphatic carbocycles. The van der Waals surface area contributed by atoms with Crippen LogP contribution in [0.1, 0.15) is 22.9 Å². The summed E-state index contributed by atoms with van der Waals surface area (Å²) in [5.74, 6) is 1.39. The van der Waals surface area contributed by atoms with Gasteiger partial charge in [-0.3, -0.25) is 0 Å². The number of furan rings is 1. The van der Waals surface area contributed by atoms with Gasteiger partial charge >= 0.3 is 0 Å². The summed E-state index contributed by atoms with van der Waals surface area (Å²) in [5, 5.41) is 1.66. The Balaban J connectivity index is 2.10. The molecule has 0 spiro atoms. The fraction of sp³-hybridized carbons (Fsp3) is 0.176. The Morgan fingerprint density at radius 1 is 1.19 bits per heavy atom. The number of hydrogen-bond acceptors (Lipinski definition) is 3. The maximum atomic E-state index is 6.34. The lowest BCUT2D eigenvalue weighted by Gasteiger charge is -2.14. The van der Waals surface area contributed by atoms with E-state index in [4.69, 9.17) is 26.5 Å². The fourth-order valence-electron chi connectivity index (χ4n) is 2.48. The predicted octanol–water partition coefficient (Wildman–Crippen LogP) is 4.45. The average Bonchev–Trinajstić information content (AvgIpc) is 2.92. The molecule has 0 saturated carbocycles. The smallest absolute Gasteiger partial charge is 0.137 e. The lowest BCUT2D eigenvalue weighted by molar-refractivity contribution is 0.404. The molecule has 1 unspecified atom stereocenters. The van der Waals surface area contributed by atoms with Crippen LogP contribution in [-0.4, -0.2) is 7.11 Å². The van der Waals surface area contributed by atoms with Gasteiger partial charge in [0.2, 0.25) is 0 Å². The second kappa shape index (κ2) is 5.43. The number of para-hydroxylation sites is 1. The topological polar surface area (TPSA) is 48.4 Å². The van der Waals surface area contributed by atoms with Crippen molar-refractivity contribution in [1.29, 1.82) is 0 Å². The van der Waals surface area contributed by atoms with E-state index in [2.05, 4.69) is 0 Å². The molecule has 1 aromatic heterocycles. The highest BCUT2D eigenvalue weighted by Crippen LogP contribution is 2.34. The van der Waals surface area contributed by atoms with E-state index in [0.717, 1.165) is 22.1 Å². The van der Waals surface area contributed by atoms with Crippen molar-refractivity contribution in [1.82, 2.24) is 0 Å². The third-order valence-electron chi connectivity index (χ3n) is 3.59. The van der Waals surface area contributed by atoms with E-state index in [1.54, 1.807) is 13.2 Å². The Bertz CT molecular complexity index is 795. The largest absolute Gasteiger partial charge is 0.496 e. The maximum Gasteiger partial charge on any atom is 0.137 e. The van der Waals surface area contributed by atoms with E-state index in [1.807, 2.05) is 43.3 Å². The summed E-state index contributed by atoms with van der Waals surface area (Å²) in [5.41, 5.74) is 9.10. The highest BCUT2D eigenvalue weighted by atomic mass is 35.5. The molecule has 108 valence electrons. The third kappa shape index (κ3) is 2.50. The molecule has 0 bridgehead atoms. The molecule has 1 atom stereocenters. The van der Waals surface area contributed by atoms with Crippen molar-refractivity contribution in [2.75, 3.05) is 7.11 Å². The lowest BCUT2D eigenvalue weighted by atomic mass is 10.0. The highest BCUT2D eigenvalue weighted by molar-refractivity contribution is 6.30. The molecule has 1 heterocycles. The van der Waals surface area contributed by atoms with Crippen LogP contribution >= 0.6 is 11.6 Å². The first-order valence-electron chi connectivity index (χ1n) is 6.68. The van der Waals surface area contributed by atoms with Crippen LogP contribution in [0.25, 0.3) is 11.0 Å². The van der Waals surface area contributed by atoms with Crippen LogP contribution in [0.2, 0.25) is 5.02 Å². The predicted molar refractivity (Wildman–Crippen MR) is 85.0 cm³/mol. The van der Waals surface area contributed by atoms with E-state index < -0.39 is 6.04 Å². The summed E-state index contributed by atoms with van der Waals surface area (Å²) in [6, 6.07) is 13.0. The van der Waals surface area contributed by atoms with Crippen LogP contribution in [0.15, 0.2) is 46.9 Å². The number of rotatable bonds is 3. The average molecular weight is 302 g/mol. The van der Waals surface area contributed by atoms with Gasteiger partial charge in [-0.25, -0.2) is 0 Å². The van der Waals surface area contributed by atoms with Crippen LogP contribution in [0.3, 0.4) is 0 Å². The zero-order valence-electron chi connectivity index (χ0n) is 11.9. The van der Waals surface area contributed by atoms with E-state index >= 15 is 0 Å². The first kappa shape index (κ1) is 14.0. The van der Waals surface area contributed by atoms with Gasteiger partial charge in [-0.15, -0.1) is 0 Å². The molecule has 2 aromatic carbocycles. The van der Waals surface area contributed by atoms with Crippen molar-refractivity contribution < 1.29 is 9.15 Å². The van der Waals surface area contributed by atoms with Crippen molar-refractivity contribution in [3.8, 4) is 5.75 Å². The Kier molecular flexibility index (Phi) is 3.62. The van der Waals surface area contributed by atoms with Gasteiger partial charge in [-0.1, -0.05) is 29.8 Å². The summed E-state index contributed by atoms with van der Waals surface area (Å²) < 4.78 is 11.3. The SMILES string of the molecule is COc1ccc(Cl)cc1C(N)c1cc2cccc(C)c2o1. The quantitative estimate of drug-likeness (QED) is 0.777. The molecular weight excluding hydrogens is 286 g/mol. The third-order valence-corrected chi connectivity index (χ3v) is 3.83. The maximum absolute atomic E-state index is 6.34. The Labute approximate surface area is 128 Å². The summed E-state index contributed by atoms with van der Waals surface area (Å²) in [6.07, 6.45) is 0. The van der Waals surface area contributed by atoms with Crippen LogP contribution < -0.4 is 10.5 Å². The fourth-order valence-corrected chi connectivity index (χ4v) is 2.66. The van der Waals surface area contributed by atoms with Gasteiger partial charge in [0, 0.05) is 16.0 Å². The monoisotopic (exact) mass is 301 g/mol. The molecule has 0 amide bonds. The molecule has 0 radical (unpaired) electrons. The van der Waals surface area contributed by atoms with Crippen molar-refractivity contribution in [2.45, 2.75) is 13.0 Å². The first-order chi connectivity index (χ1) is 10.1. The molecule has 3 aromatic rings. The molecule has 0 saturated heterocycles. The Hall–Kier alpha value is -1.97. The minimum absolute atomic E-state index is 0.426. The van der Waals surface area contributed by atoms with Gasteiger partial charge in [-0.05, 0) is 36.8 Å². The Morgan fingerprint density at radius 2 is 2.00 bits per heavy atom. The second-order valence-corrected chi connectivity index (χ2v) is 5.44. The molecule has 0 aliphatic rings. The number of fused-ring (bicyclic) bond motifs is 1. The summed E-state index contributed by atoms with van der Waals surface area (Å²) in [4.78, 5) is 0. The van der Waals surface area contributed by atoms with Gasteiger partial charge in [0.05, 0.1) is 13.2 Å². The van der Waals surface area contributed by atoms with E-state index in [-0.39, 0.29) is 0 Å². The van der Waals surface area contributed by atoms with Crippen LogP contribution in [0.5, 0.6) is 5.75 Å². The number of benzene rings is 2. The zero-order valence-corrected chi connectivity index (χ0v) is 12.6. The number of ether oxygens (including phenoxy) is 1. The van der Waals surface area contributed by atoms with Crippen LogP contribution in [-0.2, 0) is 0 Å². The Morgan fingerprint density at radius 3 is 2.71 bits per heavy atom. The van der Waals surface area contributed by atoms with Gasteiger partial charge in [0.25, 0.3) is 0 Å². The van der Waals surface area contributed by atoms with Gasteiger partial charge in [-0.2, -0.15) is 0 Å². The molecule has 4 heteroatoms. The van der Waals surface area contributed by atoms with E-state index in [9.17, 15) is 0 Å². The number of aryl methyl sites for hydroxylation is 1. The minimum atomic E-state index is -0.426. The normalized spacial score (nSPS) is 12.6. The van der Waals surface area contributed by atoms with E-state index in [1.165, 1.54) is 0 Å². The van der Waals surface area contributed by atoms with E-state index in [0.29, 0.717) is 16.5 Å². The summed E-state index contributed by atoms with van der Waals surface area (Å²) >= 11 is 6.07. The molecule has 0 fully saturated rings. The first-order valence-corrected chi connectivity index (χ1v) is 7.06. The van der Waals surface area contributed by atoms with Crippen molar-refractivity contribution in [3.05, 3.63) is 64.4 Å². The molecule has 3 rings (SSSR count). The van der Waals surface area contributed by atoms with Gasteiger partial charge in [0.1, 0.15) is 17.1 Å². The van der Waals surface area contributed by atoms with Crippen molar-refractivity contribution in [3.63, 3.8) is 0 Å². The standard InChI is InChI=1S/C17H16ClNO2/c1-10-4-3-5-11-8-15(21-17(10)11)16(19)13-9-12(18)6-7-14(13)20-2/h3-9,16H,19H2,1-2H3. The number of nitrogens with two attached hydrogens (primary N) is 1. The zero-order chi connectivity index (χ0) is 15.0.